The molecule has 0 spiro atoms. The third-order valence-corrected chi connectivity index (χ3v) is 19.8. The zero-order valence-electron chi connectivity index (χ0n) is 60.6. The number of carbonyl (C=O) groups excluding carboxylic acids is 4. The minimum Gasteiger partial charge on any atom is -0.462 e. The Balaban J connectivity index is 5.20. The minimum atomic E-state index is -4.96. The first-order chi connectivity index (χ1) is 44.9. The van der Waals surface area contributed by atoms with Crippen LogP contribution < -0.4 is 0 Å². The molecule has 4 unspecified atom stereocenters. The summed E-state index contributed by atoms with van der Waals surface area (Å²) in [4.78, 5) is 72.6. The van der Waals surface area contributed by atoms with Gasteiger partial charge in [-0.1, -0.05) is 330 Å². The molecule has 0 saturated heterocycles. The molecule has 0 aliphatic rings. The van der Waals surface area contributed by atoms with E-state index in [1.54, 1.807) is 0 Å². The lowest BCUT2D eigenvalue weighted by molar-refractivity contribution is -0.161. The van der Waals surface area contributed by atoms with E-state index in [1.165, 1.54) is 199 Å². The van der Waals surface area contributed by atoms with Crippen molar-refractivity contribution in [2.45, 2.75) is 400 Å². The molecule has 552 valence electrons. The summed E-state index contributed by atoms with van der Waals surface area (Å²) < 4.78 is 68.4. The average molecular weight is 1370 g/mol. The SMILES string of the molecule is CCCCCCCCCCCCCCCCCCCCCCC(=O)O[C@H](COC(=O)CCCCCCCCCCCCC(C)CC)COP(=O)(O)OC[C@@H](O)COP(=O)(O)OC[C@@H](COC(=O)CCCCCCCCCCC)OC(=O)CCCCCCCCC(C)CC. The molecule has 0 rings (SSSR count). The molecule has 93 heavy (non-hydrogen) atoms. The number of phosphoric acid groups is 2. The average Bonchev–Trinajstić information content (AvgIpc) is 3.13. The van der Waals surface area contributed by atoms with Crippen molar-refractivity contribution < 1.29 is 80.2 Å². The fourth-order valence-corrected chi connectivity index (χ4v) is 12.8. The van der Waals surface area contributed by atoms with Crippen LogP contribution in [0, 0.1) is 11.8 Å². The van der Waals surface area contributed by atoms with Gasteiger partial charge in [0.15, 0.2) is 12.2 Å². The van der Waals surface area contributed by atoms with Crippen LogP contribution >= 0.6 is 15.6 Å². The summed E-state index contributed by atoms with van der Waals surface area (Å²) in [5, 5.41) is 10.6. The van der Waals surface area contributed by atoms with Gasteiger partial charge in [-0.25, -0.2) is 9.13 Å². The quantitative estimate of drug-likeness (QED) is 0.0222. The van der Waals surface area contributed by atoms with E-state index in [0.29, 0.717) is 25.7 Å². The highest BCUT2D eigenvalue weighted by Gasteiger charge is 2.30. The summed E-state index contributed by atoms with van der Waals surface area (Å²) in [5.41, 5.74) is 0. The van der Waals surface area contributed by atoms with Crippen LogP contribution in [0.15, 0.2) is 0 Å². The van der Waals surface area contributed by atoms with Crippen molar-refractivity contribution in [1.29, 1.82) is 0 Å². The molecule has 0 saturated carbocycles. The van der Waals surface area contributed by atoms with Gasteiger partial charge in [0.05, 0.1) is 26.4 Å². The highest BCUT2D eigenvalue weighted by Crippen LogP contribution is 2.45. The van der Waals surface area contributed by atoms with E-state index in [1.807, 2.05) is 0 Å². The second-order valence-corrected chi connectivity index (χ2v) is 30.1. The standard InChI is InChI=1S/C74H144O17P2/c1-7-11-13-15-17-19-20-21-22-23-24-25-26-27-28-29-35-39-46-52-58-73(78)90-69(62-85-72(77)57-51-45-38-34-31-30-33-36-42-48-54-66(5)9-3)64-88-92(80,81)86-60-68(75)61-87-93(82,83)89-65-70(63-84-71(76)56-50-44-37-32-18-16-14-12-8-2)91-74(79)59-53-47-41-40-43-49-55-67(6)10-4/h66-70,75H,7-65H2,1-6H3,(H,80,81)(H,82,83)/t66?,67?,68-,69-,70-/m1/s1. The van der Waals surface area contributed by atoms with Gasteiger partial charge in [0.25, 0.3) is 0 Å². The highest BCUT2D eigenvalue weighted by atomic mass is 31.2. The van der Waals surface area contributed by atoms with Crippen LogP contribution in [0.5, 0.6) is 0 Å². The molecule has 0 fully saturated rings. The second-order valence-electron chi connectivity index (χ2n) is 27.2. The van der Waals surface area contributed by atoms with Gasteiger partial charge in [-0.15, -0.1) is 0 Å². The number of carbonyl (C=O) groups is 4. The number of unbranched alkanes of at least 4 members (excludes halogenated alkanes) is 41. The molecule has 0 radical (unpaired) electrons. The van der Waals surface area contributed by atoms with E-state index in [9.17, 15) is 43.2 Å². The number of esters is 4. The highest BCUT2D eigenvalue weighted by molar-refractivity contribution is 7.47. The summed E-state index contributed by atoms with van der Waals surface area (Å²) in [6.45, 7) is 9.54. The van der Waals surface area contributed by atoms with E-state index >= 15 is 0 Å². The molecule has 19 heteroatoms. The van der Waals surface area contributed by atoms with Crippen molar-refractivity contribution in [2.75, 3.05) is 39.6 Å². The van der Waals surface area contributed by atoms with Crippen LogP contribution in [0.3, 0.4) is 0 Å². The van der Waals surface area contributed by atoms with E-state index in [-0.39, 0.29) is 25.7 Å². The molecule has 0 bridgehead atoms. The number of aliphatic hydroxyl groups is 1. The van der Waals surface area contributed by atoms with Gasteiger partial charge in [0, 0.05) is 25.7 Å². The predicted molar refractivity (Wildman–Crippen MR) is 377 cm³/mol. The maximum Gasteiger partial charge on any atom is 0.472 e. The topological polar surface area (TPSA) is 237 Å². The van der Waals surface area contributed by atoms with E-state index in [0.717, 1.165) is 102 Å². The molecule has 17 nitrogen and oxygen atoms in total. The van der Waals surface area contributed by atoms with Crippen molar-refractivity contribution >= 4 is 39.5 Å². The Bertz CT molecular complexity index is 1810. The number of hydrogen-bond acceptors (Lipinski definition) is 15. The zero-order valence-corrected chi connectivity index (χ0v) is 62.3. The van der Waals surface area contributed by atoms with Crippen LogP contribution in [0.25, 0.3) is 0 Å². The van der Waals surface area contributed by atoms with E-state index < -0.39 is 97.5 Å². The lowest BCUT2D eigenvalue weighted by Gasteiger charge is -2.21. The monoisotopic (exact) mass is 1370 g/mol. The molecule has 0 aromatic heterocycles. The molecule has 0 amide bonds. The van der Waals surface area contributed by atoms with Crippen LogP contribution in [0.2, 0.25) is 0 Å². The fraction of sp³-hybridized carbons (Fsp3) is 0.946. The molecule has 0 aliphatic carbocycles. The Morgan fingerprint density at radius 1 is 0.301 bits per heavy atom. The summed E-state index contributed by atoms with van der Waals surface area (Å²) in [5.74, 6) is -0.593. The Hall–Kier alpha value is -1.94. The van der Waals surface area contributed by atoms with Gasteiger partial charge < -0.3 is 33.8 Å². The first-order valence-corrected chi connectivity index (χ1v) is 41.6. The Labute approximate surface area is 568 Å². The normalized spacial score (nSPS) is 14.6. The molecule has 0 aromatic rings. The van der Waals surface area contributed by atoms with Gasteiger partial charge in [-0.3, -0.25) is 37.3 Å². The summed E-state index contributed by atoms with van der Waals surface area (Å²) >= 11 is 0. The summed E-state index contributed by atoms with van der Waals surface area (Å²) in [6, 6.07) is 0. The Morgan fingerprint density at radius 3 is 0.763 bits per heavy atom. The second kappa shape index (κ2) is 66.0. The zero-order chi connectivity index (χ0) is 68.6. The first kappa shape index (κ1) is 91.1. The van der Waals surface area contributed by atoms with Gasteiger partial charge in [0.1, 0.15) is 19.3 Å². The number of aliphatic hydroxyl groups excluding tert-OH is 1. The van der Waals surface area contributed by atoms with Crippen molar-refractivity contribution in [2.24, 2.45) is 11.8 Å². The molecule has 7 atom stereocenters. The smallest absolute Gasteiger partial charge is 0.462 e. The van der Waals surface area contributed by atoms with Crippen LogP contribution in [-0.2, 0) is 65.4 Å². The van der Waals surface area contributed by atoms with Gasteiger partial charge in [0.2, 0.25) is 0 Å². The molecular weight excluding hydrogens is 1220 g/mol. The Kier molecular flexibility index (Phi) is 64.6. The number of ether oxygens (including phenoxy) is 4. The molecule has 0 heterocycles. The first-order valence-electron chi connectivity index (χ1n) is 38.6. The molecule has 3 N–H and O–H groups in total. The summed E-state index contributed by atoms with van der Waals surface area (Å²) in [7, 11) is -9.90. The maximum atomic E-state index is 13.1. The molecule has 0 aromatic carbocycles. The third-order valence-electron chi connectivity index (χ3n) is 17.9. The number of rotatable bonds is 73. The van der Waals surface area contributed by atoms with Crippen molar-refractivity contribution in [3.05, 3.63) is 0 Å². The number of phosphoric ester groups is 2. The fourth-order valence-electron chi connectivity index (χ4n) is 11.2. The summed E-state index contributed by atoms with van der Waals surface area (Å²) in [6.07, 6.45) is 52.8. The van der Waals surface area contributed by atoms with E-state index in [2.05, 4.69) is 41.5 Å². The minimum absolute atomic E-state index is 0.103. The van der Waals surface area contributed by atoms with Crippen molar-refractivity contribution in [3.63, 3.8) is 0 Å². The van der Waals surface area contributed by atoms with Crippen molar-refractivity contribution in [3.8, 4) is 0 Å². The Morgan fingerprint density at radius 2 is 0.516 bits per heavy atom. The van der Waals surface area contributed by atoms with Crippen LogP contribution in [-0.4, -0.2) is 96.7 Å². The largest absolute Gasteiger partial charge is 0.472 e. The van der Waals surface area contributed by atoms with E-state index in [4.69, 9.17) is 37.0 Å². The van der Waals surface area contributed by atoms with Gasteiger partial charge in [-0.2, -0.15) is 0 Å². The van der Waals surface area contributed by atoms with Crippen LogP contribution in [0.1, 0.15) is 382 Å². The third kappa shape index (κ3) is 65.8. The molecule has 0 aliphatic heterocycles. The van der Waals surface area contributed by atoms with Crippen LogP contribution in [0.4, 0.5) is 0 Å². The van der Waals surface area contributed by atoms with Crippen molar-refractivity contribution in [1.82, 2.24) is 0 Å². The number of hydrogen-bond donors (Lipinski definition) is 3. The molecular formula is C74H144O17P2. The van der Waals surface area contributed by atoms with Gasteiger partial charge >= 0.3 is 39.5 Å². The van der Waals surface area contributed by atoms with Gasteiger partial charge in [-0.05, 0) is 37.5 Å². The maximum absolute atomic E-state index is 13.1. The predicted octanol–water partition coefficient (Wildman–Crippen LogP) is 21.6. The lowest BCUT2D eigenvalue weighted by atomic mass is 9.99. The lowest BCUT2D eigenvalue weighted by Crippen LogP contribution is -2.30.